The van der Waals surface area contributed by atoms with E-state index in [4.69, 9.17) is 5.84 Å². The van der Waals surface area contributed by atoms with Gasteiger partial charge in [0, 0.05) is 27.8 Å². The molecule has 106 valence electrons. The minimum absolute atomic E-state index is 0.113. The van der Waals surface area contributed by atoms with Crippen LogP contribution in [0.15, 0.2) is 59.3 Å². The van der Waals surface area contributed by atoms with Crippen LogP contribution < -0.4 is 11.3 Å². The van der Waals surface area contributed by atoms with Crippen molar-refractivity contribution in [3.63, 3.8) is 0 Å². The zero-order valence-electron chi connectivity index (χ0n) is 11.7. The van der Waals surface area contributed by atoms with Crippen molar-refractivity contribution in [2.45, 2.75) is 13.0 Å². The third-order valence-corrected chi connectivity index (χ3v) is 4.36. The Labute approximate surface area is 132 Å². The van der Waals surface area contributed by atoms with E-state index in [2.05, 4.69) is 57.5 Å². The maximum absolute atomic E-state index is 5.85. The first-order valence-electron chi connectivity index (χ1n) is 6.75. The van der Waals surface area contributed by atoms with Gasteiger partial charge >= 0.3 is 0 Å². The van der Waals surface area contributed by atoms with Crippen LogP contribution in [-0.2, 0) is 0 Å². The van der Waals surface area contributed by atoms with Crippen LogP contribution in [0, 0.1) is 6.92 Å². The molecule has 0 spiro atoms. The fraction of sp³-hybridized carbons (Fsp3) is 0.118. The number of pyridine rings is 1. The van der Waals surface area contributed by atoms with Gasteiger partial charge in [0.1, 0.15) is 0 Å². The number of nitrogens with one attached hydrogen (secondary N) is 1. The molecular formula is C17H16BrN3. The lowest BCUT2D eigenvalue weighted by molar-refractivity contribution is 0.636. The lowest BCUT2D eigenvalue weighted by Gasteiger charge is -2.20. The fourth-order valence-electron chi connectivity index (χ4n) is 2.60. The molecule has 0 bridgehead atoms. The highest BCUT2D eigenvalue weighted by Crippen LogP contribution is 2.32. The van der Waals surface area contributed by atoms with Gasteiger partial charge in [-0.2, -0.15) is 0 Å². The van der Waals surface area contributed by atoms with Crippen molar-refractivity contribution in [2.75, 3.05) is 0 Å². The van der Waals surface area contributed by atoms with Gasteiger partial charge in [-0.3, -0.25) is 10.8 Å². The van der Waals surface area contributed by atoms with E-state index < -0.39 is 0 Å². The molecule has 3 aromatic rings. The Morgan fingerprint density at radius 3 is 2.71 bits per heavy atom. The molecule has 1 unspecified atom stereocenters. The molecule has 3 N–H and O–H groups in total. The number of benzene rings is 2. The molecule has 0 fully saturated rings. The zero-order valence-corrected chi connectivity index (χ0v) is 13.3. The predicted octanol–water partition coefficient (Wildman–Crippen LogP) is 3.86. The highest BCUT2D eigenvalue weighted by Gasteiger charge is 2.18. The molecule has 2 aromatic carbocycles. The van der Waals surface area contributed by atoms with Crippen LogP contribution in [0.3, 0.4) is 0 Å². The molecule has 21 heavy (non-hydrogen) atoms. The van der Waals surface area contributed by atoms with Crippen molar-refractivity contribution in [1.29, 1.82) is 0 Å². The molecule has 0 aliphatic carbocycles. The highest BCUT2D eigenvalue weighted by atomic mass is 79.9. The average Bonchev–Trinajstić information content (AvgIpc) is 2.51. The summed E-state index contributed by atoms with van der Waals surface area (Å²) in [5.74, 6) is 5.85. The summed E-state index contributed by atoms with van der Waals surface area (Å²) < 4.78 is 1.03. The first-order valence-corrected chi connectivity index (χ1v) is 7.55. The normalized spacial score (nSPS) is 12.5. The molecule has 0 saturated heterocycles. The van der Waals surface area contributed by atoms with Gasteiger partial charge in [-0.05, 0) is 23.9 Å². The summed E-state index contributed by atoms with van der Waals surface area (Å²) in [5, 5.41) is 2.27. The van der Waals surface area contributed by atoms with Gasteiger partial charge in [-0.25, -0.2) is 5.43 Å². The average molecular weight is 342 g/mol. The summed E-state index contributed by atoms with van der Waals surface area (Å²) in [4.78, 5) is 4.35. The second kappa shape index (κ2) is 5.93. The molecule has 0 saturated carbocycles. The van der Waals surface area contributed by atoms with Crippen LogP contribution in [0.2, 0.25) is 0 Å². The molecule has 1 atom stereocenters. The van der Waals surface area contributed by atoms with Crippen LogP contribution in [0.1, 0.15) is 22.7 Å². The monoisotopic (exact) mass is 341 g/mol. The first-order chi connectivity index (χ1) is 10.2. The van der Waals surface area contributed by atoms with Crippen LogP contribution in [-0.4, -0.2) is 4.98 Å². The van der Waals surface area contributed by atoms with E-state index in [1.807, 2.05) is 30.6 Å². The van der Waals surface area contributed by atoms with Crippen LogP contribution in [0.25, 0.3) is 10.8 Å². The smallest absolute Gasteiger partial charge is 0.0742 e. The van der Waals surface area contributed by atoms with Crippen LogP contribution in [0.5, 0.6) is 0 Å². The van der Waals surface area contributed by atoms with Crippen molar-refractivity contribution in [1.82, 2.24) is 10.4 Å². The van der Waals surface area contributed by atoms with E-state index in [0.717, 1.165) is 26.4 Å². The van der Waals surface area contributed by atoms with Gasteiger partial charge in [0.05, 0.1) is 6.04 Å². The van der Waals surface area contributed by atoms with E-state index in [0.29, 0.717) is 0 Å². The van der Waals surface area contributed by atoms with Crippen molar-refractivity contribution in [3.8, 4) is 0 Å². The molecular weight excluding hydrogens is 326 g/mol. The summed E-state index contributed by atoms with van der Waals surface area (Å²) in [6.07, 6.45) is 3.75. The Hall–Kier alpha value is -1.75. The fourth-order valence-corrected chi connectivity index (χ4v) is 3.08. The van der Waals surface area contributed by atoms with Crippen LogP contribution >= 0.6 is 15.9 Å². The number of hydrogen-bond donors (Lipinski definition) is 2. The molecule has 3 nitrogen and oxygen atoms in total. The number of hydrogen-bond acceptors (Lipinski definition) is 3. The third kappa shape index (κ3) is 2.70. The van der Waals surface area contributed by atoms with Crippen LogP contribution in [0.4, 0.5) is 0 Å². The quantitative estimate of drug-likeness (QED) is 0.561. The molecule has 0 amide bonds. The molecule has 0 aliphatic rings. The highest BCUT2D eigenvalue weighted by molar-refractivity contribution is 9.10. The Morgan fingerprint density at radius 1 is 1.10 bits per heavy atom. The number of nitrogens with zero attached hydrogens (tertiary/aromatic N) is 1. The summed E-state index contributed by atoms with van der Waals surface area (Å²) in [6.45, 7) is 2.07. The summed E-state index contributed by atoms with van der Waals surface area (Å²) in [5.41, 5.74) is 6.30. The predicted molar refractivity (Wildman–Crippen MR) is 89.8 cm³/mol. The van der Waals surface area contributed by atoms with Gasteiger partial charge in [-0.1, -0.05) is 57.9 Å². The van der Waals surface area contributed by atoms with Crippen molar-refractivity contribution < 1.29 is 0 Å². The van der Waals surface area contributed by atoms with Gasteiger partial charge in [-0.15, -0.1) is 0 Å². The van der Waals surface area contributed by atoms with Crippen molar-refractivity contribution in [2.24, 2.45) is 5.84 Å². The molecule has 1 aromatic heterocycles. The van der Waals surface area contributed by atoms with E-state index >= 15 is 0 Å². The van der Waals surface area contributed by atoms with Crippen molar-refractivity contribution >= 4 is 26.7 Å². The maximum Gasteiger partial charge on any atom is 0.0742 e. The minimum atomic E-state index is -0.113. The number of rotatable bonds is 3. The van der Waals surface area contributed by atoms with Gasteiger partial charge < -0.3 is 0 Å². The van der Waals surface area contributed by atoms with E-state index in [1.54, 1.807) is 0 Å². The number of nitrogens with two attached hydrogens (primary N) is 1. The summed E-state index contributed by atoms with van der Waals surface area (Å²) in [6, 6.07) is 14.3. The third-order valence-electron chi connectivity index (χ3n) is 3.64. The lowest BCUT2D eigenvalue weighted by Crippen LogP contribution is -2.29. The molecule has 4 heteroatoms. The zero-order chi connectivity index (χ0) is 14.8. The van der Waals surface area contributed by atoms with Gasteiger partial charge in [0.15, 0.2) is 0 Å². The number of aryl methyl sites for hydroxylation is 1. The molecule has 0 radical (unpaired) electrons. The second-order valence-electron chi connectivity index (χ2n) is 5.07. The molecule has 1 heterocycles. The maximum atomic E-state index is 5.85. The Bertz CT molecular complexity index is 781. The standard InChI is InChI=1S/C17H16BrN3/c1-11-6-7-16(18)14(8-11)17(21-19)15-10-20-9-12-4-2-3-5-13(12)15/h2-10,17,21H,19H2,1H3. The van der Waals surface area contributed by atoms with Gasteiger partial charge in [0.25, 0.3) is 0 Å². The lowest BCUT2D eigenvalue weighted by atomic mass is 9.95. The molecule has 3 rings (SSSR count). The Morgan fingerprint density at radius 2 is 1.90 bits per heavy atom. The topological polar surface area (TPSA) is 50.9 Å². The van der Waals surface area contributed by atoms with Gasteiger partial charge in [0.2, 0.25) is 0 Å². The number of fused-ring (bicyclic) bond motifs is 1. The van der Waals surface area contributed by atoms with E-state index in [-0.39, 0.29) is 6.04 Å². The SMILES string of the molecule is Cc1ccc(Br)c(C(NN)c2cncc3ccccc23)c1. The van der Waals surface area contributed by atoms with E-state index in [9.17, 15) is 0 Å². The summed E-state index contributed by atoms with van der Waals surface area (Å²) >= 11 is 3.62. The van der Waals surface area contributed by atoms with E-state index in [1.165, 1.54) is 5.56 Å². The molecule has 0 aliphatic heterocycles. The summed E-state index contributed by atoms with van der Waals surface area (Å²) in [7, 11) is 0. The second-order valence-corrected chi connectivity index (χ2v) is 5.93. The Kier molecular flexibility index (Phi) is 4.01. The number of hydrazine groups is 1. The number of aromatic nitrogens is 1. The Balaban J connectivity index is 2.21. The first kappa shape index (κ1) is 14.2. The minimum Gasteiger partial charge on any atom is -0.271 e. The van der Waals surface area contributed by atoms with Crippen molar-refractivity contribution in [3.05, 3.63) is 76.0 Å². The largest absolute Gasteiger partial charge is 0.271 e. The number of halogens is 1.